The Hall–Kier alpha value is -1.94. The molecule has 0 radical (unpaired) electrons. The van der Waals surface area contributed by atoms with E-state index in [4.69, 9.17) is 37.0 Å². The van der Waals surface area contributed by atoms with E-state index in [-0.39, 0.29) is 25.7 Å². The number of carbonyl (C=O) groups is 4. The van der Waals surface area contributed by atoms with Gasteiger partial charge in [-0.1, -0.05) is 305 Å². The number of aliphatic hydroxyl groups excluding tert-OH is 1. The van der Waals surface area contributed by atoms with Gasteiger partial charge in [0.2, 0.25) is 0 Å². The van der Waals surface area contributed by atoms with Crippen LogP contribution in [0.4, 0.5) is 0 Å². The molecule has 89 heavy (non-hydrogen) atoms. The van der Waals surface area contributed by atoms with E-state index in [2.05, 4.69) is 41.5 Å². The summed E-state index contributed by atoms with van der Waals surface area (Å²) in [6.07, 6.45) is 47.4. The van der Waals surface area contributed by atoms with Gasteiger partial charge < -0.3 is 33.8 Å². The third-order valence-electron chi connectivity index (χ3n) is 16.2. The highest BCUT2D eigenvalue weighted by Gasteiger charge is 2.30. The zero-order chi connectivity index (χ0) is 65.7. The van der Waals surface area contributed by atoms with Gasteiger partial charge in [-0.05, 0) is 37.5 Å². The van der Waals surface area contributed by atoms with Crippen LogP contribution in [0.2, 0.25) is 0 Å². The summed E-state index contributed by atoms with van der Waals surface area (Å²) in [6.45, 7) is 9.46. The monoisotopic (exact) mass is 1310 g/mol. The molecule has 0 aliphatic rings. The molecule has 3 N–H and O–H groups in total. The van der Waals surface area contributed by atoms with Crippen LogP contribution < -0.4 is 0 Å². The summed E-state index contributed by atoms with van der Waals surface area (Å²) >= 11 is 0. The Morgan fingerprint density at radius 2 is 0.517 bits per heavy atom. The van der Waals surface area contributed by atoms with Crippen LogP contribution in [0, 0.1) is 11.8 Å². The quantitative estimate of drug-likeness (QED) is 0.0222. The summed E-state index contributed by atoms with van der Waals surface area (Å²) in [7, 11) is -9.89. The first-order valence-electron chi connectivity index (χ1n) is 36.5. The van der Waals surface area contributed by atoms with Crippen molar-refractivity contribution in [3.05, 3.63) is 0 Å². The van der Waals surface area contributed by atoms with Crippen molar-refractivity contribution in [2.75, 3.05) is 39.6 Å². The molecule has 5 atom stereocenters. The van der Waals surface area contributed by atoms with Crippen molar-refractivity contribution in [2.45, 2.75) is 374 Å². The van der Waals surface area contributed by atoms with Crippen LogP contribution in [0.3, 0.4) is 0 Å². The fourth-order valence-corrected chi connectivity index (χ4v) is 12.2. The molecule has 0 aromatic heterocycles. The van der Waals surface area contributed by atoms with Crippen molar-refractivity contribution in [3.8, 4) is 0 Å². The molecule has 0 heterocycles. The van der Waals surface area contributed by atoms with Crippen LogP contribution in [0.1, 0.15) is 356 Å². The molecule has 0 aliphatic carbocycles. The lowest BCUT2D eigenvalue weighted by atomic mass is 10.0. The average Bonchev–Trinajstić information content (AvgIpc) is 3.71. The van der Waals surface area contributed by atoms with E-state index in [1.165, 1.54) is 161 Å². The molecule has 0 saturated carbocycles. The molecule has 0 aromatic rings. The molecule has 2 unspecified atom stereocenters. The number of aliphatic hydroxyl groups is 1. The number of esters is 4. The van der Waals surface area contributed by atoms with Gasteiger partial charge in [-0.25, -0.2) is 9.13 Å². The van der Waals surface area contributed by atoms with Crippen LogP contribution in [0.25, 0.3) is 0 Å². The summed E-state index contributed by atoms with van der Waals surface area (Å²) in [4.78, 5) is 72.4. The minimum Gasteiger partial charge on any atom is -0.462 e. The molecule has 0 aromatic carbocycles. The molecule has 0 bridgehead atoms. The second kappa shape index (κ2) is 62.2. The Labute approximate surface area is 543 Å². The first kappa shape index (κ1) is 87.1. The number of ether oxygens (including phenoxy) is 4. The molecule has 0 aliphatic heterocycles. The fourth-order valence-electron chi connectivity index (χ4n) is 10.6. The minimum atomic E-state index is -4.95. The molecule has 0 spiro atoms. The highest BCUT2D eigenvalue weighted by molar-refractivity contribution is 7.47. The number of phosphoric ester groups is 2. The summed E-state index contributed by atoms with van der Waals surface area (Å²) < 4.78 is 68.2. The molecule has 0 fully saturated rings. The highest BCUT2D eigenvalue weighted by atomic mass is 31.2. The maximum absolute atomic E-state index is 13.0. The van der Waals surface area contributed by atoms with Gasteiger partial charge in [0.25, 0.3) is 0 Å². The van der Waals surface area contributed by atoms with E-state index in [0.29, 0.717) is 31.6 Å². The van der Waals surface area contributed by atoms with Crippen molar-refractivity contribution in [1.82, 2.24) is 0 Å². The van der Waals surface area contributed by atoms with E-state index >= 15 is 0 Å². The second-order valence-electron chi connectivity index (χ2n) is 26.2. The maximum atomic E-state index is 13.0. The Morgan fingerprint density at radius 3 is 0.764 bits per heavy atom. The van der Waals surface area contributed by atoms with E-state index in [9.17, 15) is 43.2 Å². The zero-order valence-corrected chi connectivity index (χ0v) is 59.5. The van der Waals surface area contributed by atoms with Crippen LogP contribution in [-0.2, 0) is 65.4 Å². The average molecular weight is 1310 g/mol. The summed E-state index contributed by atoms with van der Waals surface area (Å²) in [5.41, 5.74) is 0. The van der Waals surface area contributed by atoms with Gasteiger partial charge in [0.05, 0.1) is 26.4 Å². The molecule has 17 nitrogen and oxygen atoms in total. The van der Waals surface area contributed by atoms with Gasteiger partial charge in [0.15, 0.2) is 12.2 Å². The van der Waals surface area contributed by atoms with Crippen LogP contribution in [0.15, 0.2) is 0 Å². The topological polar surface area (TPSA) is 237 Å². The molecule has 0 saturated heterocycles. The first-order chi connectivity index (χ1) is 42.9. The van der Waals surface area contributed by atoms with Crippen molar-refractivity contribution in [3.63, 3.8) is 0 Å². The minimum absolute atomic E-state index is 0.103. The van der Waals surface area contributed by atoms with Crippen molar-refractivity contribution >= 4 is 39.5 Å². The third-order valence-corrected chi connectivity index (χ3v) is 18.1. The van der Waals surface area contributed by atoms with Gasteiger partial charge in [-0.2, -0.15) is 0 Å². The number of hydrogen-bond donors (Lipinski definition) is 3. The number of carbonyl (C=O) groups excluding carboxylic acids is 4. The number of phosphoric acid groups is 2. The fraction of sp³-hybridized carbons (Fsp3) is 0.943. The lowest BCUT2D eigenvalue weighted by molar-refractivity contribution is -0.161. The molecule has 0 amide bonds. The maximum Gasteiger partial charge on any atom is 0.472 e. The molecular weight excluding hydrogens is 1170 g/mol. The van der Waals surface area contributed by atoms with E-state index in [1.54, 1.807) is 0 Å². The van der Waals surface area contributed by atoms with Crippen LogP contribution in [-0.4, -0.2) is 96.7 Å². The number of unbranched alkanes of at least 4 members (excludes halogenated alkanes) is 39. The van der Waals surface area contributed by atoms with Gasteiger partial charge in [-0.3, -0.25) is 37.3 Å². The normalized spacial score (nSPS) is 14.1. The van der Waals surface area contributed by atoms with Gasteiger partial charge in [0.1, 0.15) is 19.3 Å². The van der Waals surface area contributed by atoms with E-state index < -0.39 is 97.5 Å². The Balaban J connectivity index is 5.20. The number of rotatable bonds is 69. The molecular formula is C70H136O17P2. The van der Waals surface area contributed by atoms with Gasteiger partial charge in [0, 0.05) is 25.7 Å². The van der Waals surface area contributed by atoms with Gasteiger partial charge >= 0.3 is 39.5 Å². The Bertz CT molecular complexity index is 1730. The number of hydrogen-bond acceptors (Lipinski definition) is 15. The third kappa shape index (κ3) is 64.6. The standard InChI is InChI=1S/C70H136O17P2/c1-7-9-11-13-15-16-17-18-19-20-23-26-29-35-41-47-53-68(73)81-59-66(86-69(74)54-48-42-36-30-27-24-21-22-25-28-33-38-44-50-62(3)4)61-85-89(78,79)83-57-64(71)56-82-88(76,77)84-60-65(58-80-67(72)52-46-40-32-14-12-10-8-2)87-70(75)55-49-43-37-31-34-39-45-51-63(5)6/h62-66,71H,7-61H2,1-6H3,(H,76,77)(H,78,79)/t64-,65+,66+/m0/s1. The largest absolute Gasteiger partial charge is 0.472 e. The molecule has 0 rings (SSSR count). The molecule has 19 heteroatoms. The smallest absolute Gasteiger partial charge is 0.462 e. The van der Waals surface area contributed by atoms with Crippen molar-refractivity contribution in [2.24, 2.45) is 11.8 Å². The van der Waals surface area contributed by atoms with E-state index in [1.807, 2.05) is 0 Å². The predicted molar refractivity (Wildman–Crippen MR) is 358 cm³/mol. The molecule has 528 valence electrons. The highest BCUT2D eigenvalue weighted by Crippen LogP contribution is 2.45. The lowest BCUT2D eigenvalue weighted by Gasteiger charge is -2.21. The van der Waals surface area contributed by atoms with Crippen LogP contribution in [0.5, 0.6) is 0 Å². The van der Waals surface area contributed by atoms with Crippen LogP contribution >= 0.6 is 15.6 Å². The van der Waals surface area contributed by atoms with E-state index in [0.717, 1.165) is 109 Å². The van der Waals surface area contributed by atoms with Crippen molar-refractivity contribution in [1.29, 1.82) is 0 Å². The van der Waals surface area contributed by atoms with Crippen molar-refractivity contribution < 1.29 is 80.2 Å². The van der Waals surface area contributed by atoms with Gasteiger partial charge in [-0.15, -0.1) is 0 Å². The first-order valence-corrected chi connectivity index (χ1v) is 39.5. The summed E-state index contributed by atoms with van der Waals surface area (Å²) in [5.74, 6) is -0.648. The summed E-state index contributed by atoms with van der Waals surface area (Å²) in [5, 5.41) is 10.6. The lowest BCUT2D eigenvalue weighted by Crippen LogP contribution is -2.30. The summed E-state index contributed by atoms with van der Waals surface area (Å²) in [6, 6.07) is 0. The second-order valence-corrected chi connectivity index (χ2v) is 29.1. The predicted octanol–water partition coefficient (Wildman–Crippen LogP) is 20.0. The SMILES string of the molecule is CCCCCCCCCCCCCCCCCCC(=O)OC[C@H](COP(=O)(O)OC[C@@H](O)COP(=O)(O)OC[C@@H](COC(=O)CCCCCCCCC)OC(=O)CCCCCCCCCC(C)C)OC(=O)CCCCCCCCCCCCCCCC(C)C. The Kier molecular flexibility index (Phi) is 60.8. The zero-order valence-electron chi connectivity index (χ0n) is 57.7. The Morgan fingerprint density at radius 1 is 0.303 bits per heavy atom.